The number of fused-ring (bicyclic) bond motifs is 2. The maximum atomic E-state index is 14.0. The van der Waals surface area contributed by atoms with Crippen LogP contribution in [-0.4, -0.2) is 41.7 Å². The lowest BCUT2D eigenvalue weighted by atomic mass is 10.0. The largest absolute Gasteiger partial charge is 0.490 e. The SMILES string of the molecule is CC(=N)N1CCC(Oc2ccc3c(c2)/C(=C/c2ccc(Cl)cc2)C(=O)N3Cc2ccc3ccc(C(=N)N)cc3c2)CC1. The van der Waals surface area contributed by atoms with E-state index in [9.17, 15) is 4.79 Å². The highest BCUT2D eigenvalue weighted by Gasteiger charge is 2.33. The number of carbonyl (C=O) groups excluding carboxylic acids is 1. The number of hydrogen-bond acceptors (Lipinski definition) is 4. The van der Waals surface area contributed by atoms with Crippen molar-refractivity contribution in [1.29, 1.82) is 10.8 Å². The number of likely N-dealkylation sites (tertiary alicyclic amines) is 1. The van der Waals surface area contributed by atoms with Crippen LogP contribution in [0.25, 0.3) is 22.4 Å². The molecule has 2 aliphatic heterocycles. The molecule has 7 nitrogen and oxygen atoms in total. The van der Waals surface area contributed by atoms with Gasteiger partial charge < -0.3 is 20.3 Å². The first-order valence-corrected chi connectivity index (χ1v) is 14.4. The van der Waals surface area contributed by atoms with Gasteiger partial charge in [0.2, 0.25) is 0 Å². The van der Waals surface area contributed by atoms with Crippen LogP contribution in [0.3, 0.4) is 0 Å². The van der Waals surface area contributed by atoms with Gasteiger partial charge in [-0.15, -0.1) is 0 Å². The molecule has 4 N–H and O–H groups in total. The predicted molar refractivity (Wildman–Crippen MR) is 171 cm³/mol. The summed E-state index contributed by atoms with van der Waals surface area (Å²) in [5.41, 5.74) is 10.5. The Balaban J connectivity index is 1.32. The van der Waals surface area contributed by atoms with Crippen molar-refractivity contribution >= 4 is 57.3 Å². The van der Waals surface area contributed by atoms with Crippen LogP contribution in [0, 0.1) is 10.8 Å². The van der Waals surface area contributed by atoms with E-state index in [1.807, 2.05) is 90.7 Å². The summed E-state index contributed by atoms with van der Waals surface area (Å²) in [5.74, 6) is 1.27. The van der Waals surface area contributed by atoms with Gasteiger partial charge >= 0.3 is 0 Å². The predicted octanol–water partition coefficient (Wildman–Crippen LogP) is 6.71. The second-order valence-corrected chi connectivity index (χ2v) is 11.3. The number of amidine groups is 2. The monoisotopic (exact) mass is 577 g/mol. The van der Waals surface area contributed by atoms with Gasteiger partial charge in [0.05, 0.1) is 18.1 Å². The molecular formula is C34H32ClN5O2. The van der Waals surface area contributed by atoms with E-state index in [-0.39, 0.29) is 17.8 Å². The molecule has 1 amide bonds. The molecule has 42 heavy (non-hydrogen) atoms. The first kappa shape index (κ1) is 27.5. The summed E-state index contributed by atoms with van der Waals surface area (Å²) in [6.45, 7) is 3.82. The number of nitrogens with zero attached hydrogens (tertiary/aromatic N) is 2. The van der Waals surface area contributed by atoms with Crippen molar-refractivity contribution in [3.05, 3.63) is 106 Å². The van der Waals surface area contributed by atoms with Crippen molar-refractivity contribution in [3.63, 3.8) is 0 Å². The number of anilines is 1. The second kappa shape index (κ2) is 11.3. The maximum absolute atomic E-state index is 14.0. The summed E-state index contributed by atoms with van der Waals surface area (Å²) in [4.78, 5) is 17.8. The molecule has 212 valence electrons. The number of halogens is 1. The molecular weight excluding hydrogens is 546 g/mol. The molecule has 2 heterocycles. The van der Waals surface area contributed by atoms with Crippen LogP contribution in [0.5, 0.6) is 5.75 Å². The van der Waals surface area contributed by atoms with Gasteiger partial charge in [0, 0.05) is 47.7 Å². The Hall–Kier alpha value is -4.62. The number of piperidine rings is 1. The van der Waals surface area contributed by atoms with Gasteiger partial charge in [0.15, 0.2) is 0 Å². The summed E-state index contributed by atoms with van der Waals surface area (Å²) >= 11 is 6.11. The molecule has 0 saturated carbocycles. The minimum Gasteiger partial charge on any atom is -0.490 e. The number of ether oxygens (including phenoxy) is 1. The Labute approximate surface area is 250 Å². The Morgan fingerprint density at radius 3 is 2.43 bits per heavy atom. The minimum absolute atomic E-state index is 0.0244. The van der Waals surface area contributed by atoms with Crippen molar-refractivity contribution in [1.82, 2.24) is 4.90 Å². The lowest BCUT2D eigenvalue weighted by Gasteiger charge is -2.32. The molecule has 2 aliphatic rings. The van der Waals surface area contributed by atoms with Crippen LogP contribution in [0.4, 0.5) is 5.69 Å². The van der Waals surface area contributed by atoms with Crippen LogP contribution in [0.2, 0.25) is 5.02 Å². The number of nitrogens with one attached hydrogen (secondary N) is 2. The third-order valence-electron chi connectivity index (χ3n) is 7.98. The van der Waals surface area contributed by atoms with E-state index in [2.05, 4.69) is 11.0 Å². The van der Waals surface area contributed by atoms with Gasteiger partial charge in [-0.25, -0.2) is 0 Å². The third kappa shape index (κ3) is 5.60. The summed E-state index contributed by atoms with van der Waals surface area (Å²) in [6.07, 6.45) is 3.66. The standard InChI is InChI=1S/C34H32ClN5O2/c1-21(36)39-14-12-28(13-15-39)42-29-10-11-32-30(19-29)31(17-22-3-8-27(35)9-4-22)34(41)40(32)20-23-2-5-24-6-7-25(33(37)38)18-26(24)16-23/h2-11,16-19,28,36H,12-15,20H2,1H3,(H3,37,38)/b31-17-,36-21?. The van der Waals surface area contributed by atoms with Crippen LogP contribution >= 0.6 is 11.6 Å². The zero-order valence-corrected chi connectivity index (χ0v) is 24.1. The Morgan fingerprint density at radius 1 is 0.976 bits per heavy atom. The van der Waals surface area contributed by atoms with Crippen molar-refractivity contribution in [3.8, 4) is 5.75 Å². The smallest absolute Gasteiger partial charge is 0.259 e. The van der Waals surface area contributed by atoms with Crippen LogP contribution in [-0.2, 0) is 11.3 Å². The van der Waals surface area contributed by atoms with Gasteiger partial charge in [-0.1, -0.05) is 48.0 Å². The number of rotatable bonds is 6. The summed E-state index contributed by atoms with van der Waals surface area (Å²) in [5, 5.41) is 18.3. The van der Waals surface area contributed by atoms with E-state index < -0.39 is 0 Å². The fraction of sp³-hybridized carbons (Fsp3) is 0.206. The highest BCUT2D eigenvalue weighted by atomic mass is 35.5. The van der Waals surface area contributed by atoms with E-state index in [0.29, 0.717) is 28.5 Å². The molecule has 0 spiro atoms. The quantitative estimate of drug-likeness (QED) is 0.135. The van der Waals surface area contributed by atoms with E-state index >= 15 is 0 Å². The van der Waals surface area contributed by atoms with E-state index in [1.165, 1.54) is 0 Å². The third-order valence-corrected chi connectivity index (χ3v) is 8.23. The summed E-state index contributed by atoms with van der Waals surface area (Å²) in [6, 6.07) is 25.1. The minimum atomic E-state index is -0.0792. The van der Waals surface area contributed by atoms with Crippen LogP contribution < -0.4 is 15.4 Å². The fourth-order valence-electron chi connectivity index (χ4n) is 5.68. The van der Waals surface area contributed by atoms with Crippen molar-refractivity contribution in [2.75, 3.05) is 18.0 Å². The highest BCUT2D eigenvalue weighted by Crippen LogP contribution is 2.41. The highest BCUT2D eigenvalue weighted by molar-refractivity contribution is 6.36. The molecule has 1 fully saturated rings. The van der Waals surface area contributed by atoms with Gasteiger partial charge in [0.25, 0.3) is 5.91 Å². The number of nitrogens with two attached hydrogens (primary N) is 1. The zero-order chi connectivity index (χ0) is 29.4. The Kier molecular flexibility index (Phi) is 7.43. The first-order chi connectivity index (χ1) is 20.2. The summed E-state index contributed by atoms with van der Waals surface area (Å²) in [7, 11) is 0. The Morgan fingerprint density at radius 2 is 1.71 bits per heavy atom. The van der Waals surface area contributed by atoms with Crippen LogP contribution in [0.1, 0.15) is 42.0 Å². The molecule has 0 atom stereocenters. The van der Waals surface area contributed by atoms with Crippen LogP contribution in [0.15, 0.2) is 78.9 Å². The molecule has 4 aromatic carbocycles. The van der Waals surface area contributed by atoms with Gasteiger partial charge in [0.1, 0.15) is 17.7 Å². The maximum Gasteiger partial charge on any atom is 0.259 e. The molecule has 0 unspecified atom stereocenters. The molecule has 0 aromatic heterocycles. The molecule has 4 aromatic rings. The van der Waals surface area contributed by atoms with Crippen molar-refractivity contribution in [2.24, 2.45) is 5.73 Å². The number of nitrogen functional groups attached to an aromatic ring is 1. The molecule has 8 heteroatoms. The van der Waals surface area contributed by atoms with E-state index in [4.69, 9.17) is 32.9 Å². The zero-order valence-electron chi connectivity index (χ0n) is 23.4. The number of hydrogen-bond donors (Lipinski definition) is 3. The van der Waals surface area contributed by atoms with Gasteiger partial charge in [-0.05, 0) is 77.4 Å². The molecule has 0 aliphatic carbocycles. The lowest BCUT2D eigenvalue weighted by molar-refractivity contribution is -0.113. The van der Waals surface area contributed by atoms with Crippen molar-refractivity contribution in [2.45, 2.75) is 32.4 Å². The molecule has 0 radical (unpaired) electrons. The number of benzene rings is 4. The summed E-state index contributed by atoms with van der Waals surface area (Å²) < 4.78 is 6.39. The number of amides is 1. The normalized spacial score (nSPS) is 16.2. The van der Waals surface area contributed by atoms with E-state index in [1.54, 1.807) is 0 Å². The number of carbonyl (C=O) groups is 1. The average Bonchev–Trinajstić information content (AvgIpc) is 3.23. The van der Waals surface area contributed by atoms with Gasteiger partial charge in [-0.2, -0.15) is 0 Å². The molecule has 0 bridgehead atoms. The average molecular weight is 578 g/mol. The Bertz CT molecular complexity index is 1740. The topological polar surface area (TPSA) is 107 Å². The lowest BCUT2D eigenvalue weighted by Crippen LogP contribution is -2.40. The van der Waals surface area contributed by atoms with Crippen molar-refractivity contribution < 1.29 is 9.53 Å². The molecule has 6 rings (SSSR count). The van der Waals surface area contributed by atoms with Gasteiger partial charge in [-0.3, -0.25) is 15.6 Å². The first-order valence-electron chi connectivity index (χ1n) is 14.0. The second-order valence-electron chi connectivity index (χ2n) is 10.9. The molecule has 1 saturated heterocycles. The fourth-order valence-corrected chi connectivity index (χ4v) is 5.80. The van der Waals surface area contributed by atoms with E-state index in [0.717, 1.165) is 64.8 Å².